The number of hydrogen-bond donors (Lipinski definition) is 1. The SMILES string of the molecule is CCOc1ccc(CCNC(=O)Cn2nc(C)n3c(cc4c(OC)cccc43)c2=O)cc1. The summed E-state index contributed by atoms with van der Waals surface area (Å²) in [5.41, 5.74) is 2.07. The standard InChI is InChI=1S/C24H26N4O4/c1-4-32-18-10-8-17(9-11-18)12-13-25-23(29)15-27-24(30)21-14-19-20(28(21)16(2)26-27)6-5-7-22(19)31-3/h5-11,14H,4,12-13,15H2,1-3H3,(H,25,29). The van der Waals surface area contributed by atoms with E-state index in [9.17, 15) is 9.59 Å². The van der Waals surface area contributed by atoms with E-state index in [0.717, 1.165) is 22.2 Å². The first-order valence-corrected chi connectivity index (χ1v) is 10.6. The van der Waals surface area contributed by atoms with Gasteiger partial charge in [-0.1, -0.05) is 18.2 Å². The lowest BCUT2D eigenvalue weighted by Crippen LogP contribution is -2.35. The van der Waals surface area contributed by atoms with Crippen molar-refractivity contribution in [1.82, 2.24) is 19.5 Å². The van der Waals surface area contributed by atoms with Crippen molar-refractivity contribution in [1.29, 1.82) is 0 Å². The average Bonchev–Trinajstić information content (AvgIpc) is 3.19. The fourth-order valence-corrected chi connectivity index (χ4v) is 3.85. The van der Waals surface area contributed by atoms with Gasteiger partial charge in [-0.3, -0.25) is 14.0 Å². The maximum Gasteiger partial charge on any atom is 0.291 e. The van der Waals surface area contributed by atoms with Gasteiger partial charge in [0.1, 0.15) is 29.4 Å². The molecule has 2 aromatic carbocycles. The number of amides is 1. The number of carbonyl (C=O) groups is 1. The molecular weight excluding hydrogens is 408 g/mol. The molecule has 1 N–H and O–H groups in total. The maximum atomic E-state index is 13.0. The Balaban J connectivity index is 1.47. The summed E-state index contributed by atoms with van der Waals surface area (Å²) < 4.78 is 13.9. The molecule has 0 fully saturated rings. The second-order valence-electron chi connectivity index (χ2n) is 7.44. The molecule has 0 aliphatic rings. The van der Waals surface area contributed by atoms with Crippen LogP contribution in [-0.2, 0) is 17.8 Å². The van der Waals surface area contributed by atoms with Gasteiger partial charge >= 0.3 is 0 Å². The number of hydrogen-bond acceptors (Lipinski definition) is 5. The van der Waals surface area contributed by atoms with Crippen molar-refractivity contribution in [3.63, 3.8) is 0 Å². The molecule has 2 aromatic heterocycles. The van der Waals surface area contributed by atoms with E-state index in [1.807, 2.05) is 56.3 Å². The smallest absolute Gasteiger partial charge is 0.291 e. The fraction of sp³-hybridized carbons (Fsp3) is 0.292. The van der Waals surface area contributed by atoms with Gasteiger partial charge in [0.25, 0.3) is 5.56 Å². The molecule has 0 atom stereocenters. The van der Waals surface area contributed by atoms with Gasteiger partial charge in [-0.15, -0.1) is 0 Å². The number of aromatic nitrogens is 3. The van der Waals surface area contributed by atoms with E-state index >= 15 is 0 Å². The van der Waals surface area contributed by atoms with Crippen molar-refractivity contribution < 1.29 is 14.3 Å². The van der Waals surface area contributed by atoms with Crippen LogP contribution in [0.25, 0.3) is 16.4 Å². The molecule has 0 saturated heterocycles. The Hall–Kier alpha value is -3.81. The molecule has 0 saturated carbocycles. The zero-order valence-corrected chi connectivity index (χ0v) is 18.4. The summed E-state index contributed by atoms with van der Waals surface area (Å²) in [4.78, 5) is 25.5. The van der Waals surface area contributed by atoms with Crippen molar-refractivity contribution in [2.24, 2.45) is 0 Å². The van der Waals surface area contributed by atoms with Gasteiger partial charge in [0.05, 0.1) is 19.2 Å². The molecule has 0 aliphatic heterocycles. The Morgan fingerprint density at radius 3 is 2.62 bits per heavy atom. The molecule has 0 radical (unpaired) electrons. The van der Waals surface area contributed by atoms with Crippen molar-refractivity contribution in [3.05, 3.63) is 70.3 Å². The first-order valence-electron chi connectivity index (χ1n) is 10.6. The van der Waals surface area contributed by atoms with Crippen LogP contribution in [0.15, 0.2) is 53.3 Å². The van der Waals surface area contributed by atoms with E-state index in [2.05, 4.69) is 10.4 Å². The number of carbonyl (C=O) groups excluding carboxylic acids is 1. The Labute approximate surface area is 185 Å². The summed E-state index contributed by atoms with van der Waals surface area (Å²) in [6.07, 6.45) is 0.683. The van der Waals surface area contributed by atoms with Crippen molar-refractivity contribution >= 4 is 22.3 Å². The number of methoxy groups -OCH3 is 1. The average molecular weight is 434 g/mol. The van der Waals surface area contributed by atoms with Gasteiger partial charge in [0.15, 0.2) is 0 Å². The molecule has 2 heterocycles. The molecule has 32 heavy (non-hydrogen) atoms. The topological polar surface area (TPSA) is 86.9 Å². The van der Waals surface area contributed by atoms with E-state index in [0.29, 0.717) is 36.7 Å². The highest BCUT2D eigenvalue weighted by atomic mass is 16.5. The van der Waals surface area contributed by atoms with Gasteiger partial charge in [0, 0.05) is 11.9 Å². The van der Waals surface area contributed by atoms with E-state index in [4.69, 9.17) is 9.47 Å². The van der Waals surface area contributed by atoms with E-state index in [-0.39, 0.29) is 18.0 Å². The van der Waals surface area contributed by atoms with Gasteiger partial charge in [0.2, 0.25) is 5.91 Å². The summed E-state index contributed by atoms with van der Waals surface area (Å²) in [6, 6.07) is 15.2. The second kappa shape index (κ2) is 9.13. The number of fused-ring (bicyclic) bond motifs is 3. The van der Waals surface area contributed by atoms with Crippen LogP contribution in [0, 0.1) is 6.92 Å². The molecule has 166 valence electrons. The summed E-state index contributed by atoms with van der Waals surface area (Å²) >= 11 is 0. The predicted molar refractivity (Wildman–Crippen MR) is 123 cm³/mol. The highest BCUT2D eigenvalue weighted by Gasteiger charge is 2.16. The quantitative estimate of drug-likeness (QED) is 0.461. The molecule has 0 unspecified atom stereocenters. The van der Waals surface area contributed by atoms with Gasteiger partial charge in [-0.25, -0.2) is 4.68 Å². The molecule has 4 aromatic rings. The van der Waals surface area contributed by atoms with Gasteiger partial charge < -0.3 is 14.8 Å². The highest BCUT2D eigenvalue weighted by molar-refractivity contribution is 5.92. The van der Waals surface area contributed by atoms with Gasteiger partial charge in [-0.2, -0.15) is 5.10 Å². The number of ether oxygens (including phenoxy) is 2. The summed E-state index contributed by atoms with van der Waals surface area (Å²) in [5, 5.41) is 8.05. The van der Waals surface area contributed by atoms with Crippen LogP contribution in [0.1, 0.15) is 18.3 Å². The van der Waals surface area contributed by atoms with Crippen LogP contribution < -0.4 is 20.3 Å². The third kappa shape index (κ3) is 4.16. The number of rotatable bonds is 8. The number of nitrogens with zero attached hydrogens (tertiary/aromatic N) is 3. The zero-order chi connectivity index (χ0) is 22.7. The van der Waals surface area contributed by atoms with Crippen LogP contribution in [-0.4, -0.2) is 40.3 Å². The zero-order valence-electron chi connectivity index (χ0n) is 18.4. The number of benzene rings is 2. The van der Waals surface area contributed by atoms with E-state index < -0.39 is 0 Å². The summed E-state index contributed by atoms with van der Waals surface area (Å²) in [7, 11) is 1.60. The normalized spacial score (nSPS) is 11.1. The molecule has 0 spiro atoms. The Bertz CT molecular complexity index is 1320. The second-order valence-corrected chi connectivity index (χ2v) is 7.44. The van der Waals surface area contributed by atoms with Crippen LogP contribution in [0.5, 0.6) is 11.5 Å². The first kappa shape index (κ1) is 21.4. The Morgan fingerprint density at radius 2 is 1.91 bits per heavy atom. The number of aryl methyl sites for hydroxylation is 1. The first-order chi connectivity index (χ1) is 15.5. The molecule has 0 bridgehead atoms. The Kier molecular flexibility index (Phi) is 6.11. The summed E-state index contributed by atoms with van der Waals surface area (Å²) in [5.74, 6) is 1.86. The third-order valence-corrected chi connectivity index (χ3v) is 5.33. The van der Waals surface area contributed by atoms with Crippen molar-refractivity contribution in [2.75, 3.05) is 20.3 Å². The lowest BCUT2D eigenvalue weighted by atomic mass is 10.1. The molecule has 4 rings (SSSR count). The highest BCUT2D eigenvalue weighted by Crippen LogP contribution is 2.28. The summed E-state index contributed by atoms with van der Waals surface area (Å²) in [6.45, 7) is 4.71. The van der Waals surface area contributed by atoms with E-state index in [1.54, 1.807) is 17.6 Å². The molecule has 1 amide bonds. The Morgan fingerprint density at radius 1 is 1.12 bits per heavy atom. The third-order valence-electron chi connectivity index (χ3n) is 5.33. The van der Waals surface area contributed by atoms with Crippen molar-refractivity contribution in [3.8, 4) is 11.5 Å². The fourth-order valence-electron chi connectivity index (χ4n) is 3.85. The largest absolute Gasteiger partial charge is 0.496 e. The van der Waals surface area contributed by atoms with Gasteiger partial charge in [-0.05, 0) is 56.2 Å². The maximum absolute atomic E-state index is 13.0. The minimum atomic E-state index is -0.324. The van der Waals surface area contributed by atoms with Crippen molar-refractivity contribution in [2.45, 2.75) is 26.8 Å². The molecule has 0 aliphatic carbocycles. The monoisotopic (exact) mass is 434 g/mol. The molecule has 8 nitrogen and oxygen atoms in total. The minimum Gasteiger partial charge on any atom is -0.496 e. The molecular formula is C24H26N4O4. The predicted octanol–water partition coefficient (Wildman–Crippen LogP) is 2.72. The lowest BCUT2D eigenvalue weighted by Gasteiger charge is -2.10. The van der Waals surface area contributed by atoms with Crippen LogP contribution in [0.2, 0.25) is 0 Å². The van der Waals surface area contributed by atoms with E-state index in [1.165, 1.54) is 4.68 Å². The number of nitrogens with one attached hydrogen (secondary N) is 1. The lowest BCUT2D eigenvalue weighted by molar-refractivity contribution is -0.121. The van der Waals surface area contributed by atoms with Crippen LogP contribution in [0.3, 0.4) is 0 Å². The molecule has 8 heteroatoms. The minimum absolute atomic E-state index is 0.141. The van der Waals surface area contributed by atoms with Crippen LogP contribution >= 0.6 is 0 Å². The van der Waals surface area contributed by atoms with Crippen LogP contribution in [0.4, 0.5) is 0 Å².